The van der Waals surface area contributed by atoms with E-state index in [1.165, 1.54) is 22.3 Å². The molecule has 1 fully saturated rings. The fourth-order valence-electron chi connectivity index (χ4n) is 5.40. The number of hydrogen-bond acceptors (Lipinski definition) is 4. The van der Waals surface area contributed by atoms with Gasteiger partial charge in [-0.1, -0.05) is 69.3 Å². The highest BCUT2D eigenvalue weighted by molar-refractivity contribution is 5.81. The zero-order valence-corrected chi connectivity index (χ0v) is 20.6. The number of rotatable bonds is 8. The first-order chi connectivity index (χ1) is 16.7. The Morgan fingerprint density at radius 1 is 1.09 bits per heavy atom. The number of fused-ring (bicyclic) bond motifs is 3. The average Bonchev–Trinajstić information content (AvgIpc) is 3.34. The topological polar surface area (TPSA) is 95.9 Å². The van der Waals surface area contributed by atoms with Crippen LogP contribution in [0.15, 0.2) is 48.5 Å². The third kappa shape index (κ3) is 5.19. The van der Waals surface area contributed by atoms with Crippen LogP contribution in [0.2, 0.25) is 0 Å². The van der Waals surface area contributed by atoms with E-state index < -0.39 is 23.4 Å². The summed E-state index contributed by atoms with van der Waals surface area (Å²) in [5.41, 5.74) is 4.28. The van der Waals surface area contributed by atoms with Crippen LogP contribution < -0.4 is 5.32 Å². The van der Waals surface area contributed by atoms with Gasteiger partial charge in [0.05, 0.1) is 5.92 Å². The van der Waals surface area contributed by atoms with Crippen LogP contribution in [0.1, 0.15) is 50.7 Å². The van der Waals surface area contributed by atoms with Gasteiger partial charge >= 0.3 is 12.1 Å². The molecule has 0 aromatic heterocycles. The fourth-order valence-corrected chi connectivity index (χ4v) is 5.40. The number of likely N-dealkylation sites (tertiary alicyclic amines) is 1. The lowest BCUT2D eigenvalue weighted by molar-refractivity contribution is -0.144. The minimum atomic E-state index is -0.856. The Morgan fingerprint density at radius 2 is 1.69 bits per heavy atom. The van der Waals surface area contributed by atoms with Gasteiger partial charge in [0.25, 0.3) is 0 Å². The molecule has 2 atom stereocenters. The van der Waals surface area contributed by atoms with Crippen LogP contribution in [0.3, 0.4) is 0 Å². The number of hydrogen-bond donors (Lipinski definition) is 2. The Balaban J connectivity index is 1.21. The first kappa shape index (κ1) is 24.8. The molecule has 0 spiro atoms. The van der Waals surface area contributed by atoms with Crippen molar-refractivity contribution in [1.29, 1.82) is 0 Å². The SMILES string of the molecule is CC(CCCNC(=O)OCC1c2ccccc2-c2ccccc21)C(=O)N1CC(C(=O)O)C(C)(C)C1. The van der Waals surface area contributed by atoms with Crippen molar-refractivity contribution in [1.82, 2.24) is 10.2 Å². The Labute approximate surface area is 206 Å². The molecule has 4 rings (SSSR count). The van der Waals surface area contributed by atoms with Crippen molar-refractivity contribution in [2.24, 2.45) is 17.3 Å². The molecule has 2 N–H and O–H groups in total. The lowest BCUT2D eigenvalue weighted by atomic mass is 9.82. The number of carboxylic acids is 1. The quantitative estimate of drug-likeness (QED) is 0.544. The van der Waals surface area contributed by atoms with Gasteiger partial charge in [0.1, 0.15) is 6.61 Å². The highest BCUT2D eigenvalue weighted by atomic mass is 16.5. The predicted molar refractivity (Wildman–Crippen MR) is 133 cm³/mol. The molecular weight excluding hydrogens is 444 g/mol. The second-order valence-corrected chi connectivity index (χ2v) is 10.4. The van der Waals surface area contributed by atoms with Gasteiger partial charge in [-0.2, -0.15) is 0 Å². The summed E-state index contributed by atoms with van der Waals surface area (Å²) >= 11 is 0. The van der Waals surface area contributed by atoms with E-state index >= 15 is 0 Å². The van der Waals surface area contributed by atoms with E-state index in [0.29, 0.717) is 25.9 Å². The van der Waals surface area contributed by atoms with Crippen LogP contribution in [-0.2, 0) is 14.3 Å². The summed E-state index contributed by atoms with van der Waals surface area (Å²) in [6.07, 6.45) is 0.782. The van der Waals surface area contributed by atoms with Gasteiger partial charge in [0.2, 0.25) is 5.91 Å². The van der Waals surface area contributed by atoms with E-state index in [1.807, 2.05) is 45.0 Å². The molecule has 1 heterocycles. The Kier molecular flexibility index (Phi) is 7.15. The third-order valence-electron chi connectivity index (χ3n) is 7.40. The van der Waals surface area contributed by atoms with Crippen molar-refractivity contribution in [2.45, 2.75) is 39.5 Å². The van der Waals surface area contributed by atoms with E-state index in [4.69, 9.17) is 4.74 Å². The smallest absolute Gasteiger partial charge is 0.407 e. The molecular formula is C28H34N2O5. The third-order valence-corrected chi connectivity index (χ3v) is 7.40. The fraction of sp³-hybridized carbons (Fsp3) is 0.464. The van der Waals surface area contributed by atoms with E-state index in [9.17, 15) is 19.5 Å². The first-order valence-corrected chi connectivity index (χ1v) is 12.3. The van der Waals surface area contributed by atoms with Gasteiger partial charge in [-0.3, -0.25) is 9.59 Å². The highest BCUT2D eigenvalue weighted by Crippen LogP contribution is 2.44. The second-order valence-electron chi connectivity index (χ2n) is 10.4. The van der Waals surface area contributed by atoms with Crippen LogP contribution in [0, 0.1) is 17.3 Å². The lowest BCUT2D eigenvalue weighted by Crippen LogP contribution is -2.35. The normalized spacial score (nSPS) is 19.1. The number of carbonyl (C=O) groups excluding carboxylic acids is 2. The maximum absolute atomic E-state index is 12.8. The van der Waals surface area contributed by atoms with E-state index in [0.717, 1.165) is 0 Å². The summed E-state index contributed by atoms with van der Waals surface area (Å²) in [4.78, 5) is 38.3. The van der Waals surface area contributed by atoms with E-state index in [1.54, 1.807) is 4.90 Å². The molecule has 35 heavy (non-hydrogen) atoms. The van der Waals surface area contributed by atoms with Crippen molar-refractivity contribution in [3.05, 3.63) is 59.7 Å². The van der Waals surface area contributed by atoms with Crippen molar-refractivity contribution in [3.8, 4) is 11.1 Å². The zero-order chi connectivity index (χ0) is 25.2. The van der Waals surface area contributed by atoms with E-state index in [2.05, 4.69) is 29.6 Å². The standard InChI is InChI=1S/C28H34N2O5/c1-18(25(31)30-15-24(26(32)33)28(2,3)17-30)9-8-14-29-27(34)35-16-23-21-12-6-4-10-19(21)20-11-5-7-13-22(20)23/h4-7,10-13,18,23-24H,8-9,14-17H2,1-3H3,(H,29,34)(H,32,33). The largest absolute Gasteiger partial charge is 0.481 e. The summed E-state index contributed by atoms with van der Waals surface area (Å²) in [6, 6.07) is 16.4. The molecule has 0 radical (unpaired) electrons. The maximum Gasteiger partial charge on any atom is 0.407 e. The molecule has 2 amide bonds. The van der Waals surface area contributed by atoms with Crippen molar-refractivity contribution in [3.63, 3.8) is 0 Å². The Bertz CT molecular complexity index is 1070. The lowest BCUT2D eigenvalue weighted by Gasteiger charge is -2.23. The summed E-state index contributed by atoms with van der Waals surface area (Å²) in [7, 11) is 0. The van der Waals surface area contributed by atoms with Gasteiger partial charge in [0.15, 0.2) is 0 Å². The molecule has 2 aromatic carbocycles. The second kappa shape index (κ2) is 10.1. The molecule has 2 aliphatic rings. The summed E-state index contributed by atoms with van der Waals surface area (Å²) < 4.78 is 5.55. The molecule has 7 nitrogen and oxygen atoms in total. The first-order valence-electron chi connectivity index (χ1n) is 12.3. The van der Waals surface area contributed by atoms with Crippen molar-refractivity contribution >= 4 is 18.0 Å². The van der Waals surface area contributed by atoms with E-state index in [-0.39, 0.29) is 30.9 Å². The number of nitrogens with one attached hydrogen (secondary N) is 1. The monoisotopic (exact) mass is 478 g/mol. The molecule has 0 bridgehead atoms. The number of alkyl carbamates (subject to hydrolysis) is 1. The van der Waals surface area contributed by atoms with Crippen LogP contribution >= 0.6 is 0 Å². The number of benzene rings is 2. The molecule has 186 valence electrons. The molecule has 1 saturated heterocycles. The van der Waals surface area contributed by atoms with Gasteiger partial charge in [-0.15, -0.1) is 0 Å². The number of aliphatic carboxylic acids is 1. The number of carboxylic acid groups (broad SMARTS) is 1. The zero-order valence-electron chi connectivity index (χ0n) is 20.6. The number of carbonyl (C=O) groups is 3. The molecule has 0 saturated carbocycles. The average molecular weight is 479 g/mol. The highest BCUT2D eigenvalue weighted by Gasteiger charge is 2.45. The maximum atomic E-state index is 12.8. The van der Waals surface area contributed by atoms with Gasteiger partial charge in [0, 0.05) is 31.5 Å². The molecule has 1 aliphatic carbocycles. The molecule has 7 heteroatoms. The number of amides is 2. The molecule has 1 aliphatic heterocycles. The van der Waals surface area contributed by atoms with Gasteiger partial charge in [-0.05, 0) is 40.5 Å². The van der Waals surface area contributed by atoms with Crippen molar-refractivity contribution < 1.29 is 24.2 Å². The Morgan fingerprint density at radius 3 is 2.26 bits per heavy atom. The minimum Gasteiger partial charge on any atom is -0.481 e. The van der Waals surface area contributed by atoms with Crippen LogP contribution in [-0.4, -0.2) is 54.2 Å². The van der Waals surface area contributed by atoms with Gasteiger partial charge < -0.3 is 20.1 Å². The minimum absolute atomic E-state index is 0.0186. The molecule has 2 unspecified atom stereocenters. The molecule has 2 aromatic rings. The number of ether oxygens (including phenoxy) is 1. The van der Waals surface area contributed by atoms with Crippen molar-refractivity contribution in [2.75, 3.05) is 26.2 Å². The van der Waals surface area contributed by atoms with Gasteiger partial charge in [-0.25, -0.2) is 4.79 Å². The summed E-state index contributed by atoms with van der Waals surface area (Å²) in [5.74, 6) is -1.64. The summed E-state index contributed by atoms with van der Waals surface area (Å²) in [5, 5.41) is 12.2. The van der Waals surface area contributed by atoms with Crippen LogP contribution in [0.5, 0.6) is 0 Å². The van der Waals surface area contributed by atoms with Crippen LogP contribution in [0.4, 0.5) is 4.79 Å². The van der Waals surface area contributed by atoms with Crippen LogP contribution in [0.25, 0.3) is 11.1 Å². The summed E-state index contributed by atoms with van der Waals surface area (Å²) in [6.45, 7) is 7.03. The number of nitrogens with zero attached hydrogens (tertiary/aromatic N) is 1. The predicted octanol–water partition coefficient (Wildman–Crippen LogP) is 4.51. The Hall–Kier alpha value is -3.35.